The van der Waals surface area contributed by atoms with Gasteiger partial charge in [-0.3, -0.25) is 0 Å². The van der Waals surface area contributed by atoms with Gasteiger partial charge in [0.15, 0.2) is 0 Å². The second kappa shape index (κ2) is 3.56. The highest BCUT2D eigenvalue weighted by Gasteiger charge is 1.98. The Morgan fingerprint density at radius 2 is 2.27 bits per heavy atom. The van der Waals surface area contributed by atoms with E-state index in [4.69, 9.17) is 28.5 Å². The number of hydrogen-bond donors (Lipinski definition) is 0. The molecule has 1 rings (SSSR count). The molecule has 11 heavy (non-hydrogen) atoms. The summed E-state index contributed by atoms with van der Waals surface area (Å²) in [4.78, 5) is 3.75. The molecular formula is C7H4Cl2N2. The lowest BCUT2D eigenvalue weighted by Crippen LogP contribution is -1.86. The van der Waals surface area contributed by atoms with E-state index in [1.165, 1.54) is 0 Å². The molecule has 0 amide bonds. The van der Waals surface area contributed by atoms with Crippen molar-refractivity contribution < 1.29 is 0 Å². The molecule has 4 heteroatoms. The summed E-state index contributed by atoms with van der Waals surface area (Å²) in [5.41, 5.74) is 1.11. The van der Waals surface area contributed by atoms with Gasteiger partial charge in [-0.1, -0.05) is 11.6 Å². The summed E-state index contributed by atoms with van der Waals surface area (Å²) >= 11 is 11.1. The minimum Gasteiger partial charge on any atom is -0.225 e. The van der Waals surface area contributed by atoms with Gasteiger partial charge in [0.1, 0.15) is 16.9 Å². The van der Waals surface area contributed by atoms with Crippen molar-refractivity contribution in [3.63, 3.8) is 0 Å². The Bertz CT molecular complexity index is 304. The molecule has 2 nitrogen and oxygen atoms in total. The van der Waals surface area contributed by atoms with Crippen LogP contribution < -0.4 is 0 Å². The Hall–Kier alpha value is -0.780. The van der Waals surface area contributed by atoms with Gasteiger partial charge in [-0.2, -0.15) is 5.26 Å². The molecule has 0 saturated heterocycles. The Kier molecular flexibility index (Phi) is 2.70. The smallest absolute Gasteiger partial charge is 0.142 e. The summed E-state index contributed by atoms with van der Waals surface area (Å²) < 4.78 is 0. The molecule has 0 aliphatic carbocycles. The van der Waals surface area contributed by atoms with E-state index in [9.17, 15) is 0 Å². The molecule has 0 N–H and O–H groups in total. The second-order valence-electron chi connectivity index (χ2n) is 1.93. The fraction of sp³-hybridized carbons (Fsp3) is 0.143. The molecule has 0 spiro atoms. The zero-order valence-corrected chi connectivity index (χ0v) is 7.02. The quantitative estimate of drug-likeness (QED) is 0.499. The highest BCUT2D eigenvalue weighted by atomic mass is 35.5. The third kappa shape index (κ3) is 2.07. The molecule has 0 aromatic carbocycles. The van der Waals surface area contributed by atoms with Crippen molar-refractivity contribution >= 4 is 23.2 Å². The zero-order valence-electron chi connectivity index (χ0n) is 5.51. The van der Waals surface area contributed by atoms with Crippen LogP contribution in [0.2, 0.25) is 5.15 Å². The first-order chi connectivity index (χ1) is 5.26. The van der Waals surface area contributed by atoms with E-state index in [0.29, 0.717) is 16.7 Å². The third-order valence-corrected chi connectivity index (χ3v) is 1.62. The number of pyridine rings is 1. The average molecular weight is 187 g/mol. The number of nitrogens with zero attached hydrogens (tertiary/aromatic N) is 2. The van der Waals surface area contributed by atoms with Crippen LogP contribution in [0.5, 0.6) is 0 Å². The van der Waals surface area contributed by atoms with Gasteiger partial charge in [0.05, 0.1) is 0 Å². The van der Waals surface area contributed by atoms with Crippen LogP contribution >= 0.6 is 23.2 Å². The Morgan fingerprint density at radius 3 is 2.82 bits per heavy atom. The van der Waals surface area contributed by atoms with Crippen molar-refractivity contribution in [1.82, 2.24) is 4.98 Å². The van der Waals surface area contributed by atoms with Crippen LogP contribution in [-0.4, -0.2) is 4.98 Å². The minimum atomic E-state index is 0.299. The van der Waals surface area contributed by atoms with Crippen molar-refractivity contribution in [1.29, 1.82) is 5.26 Å². The van der Waals surface area contributed by atoms with Crippen LogP contribution in [0.3, 0.4) is 0 Å². The van der Waals surface area contributed by atoms with Crippen LogP contribution in [-0.2, 0) is 5.88 Å². The summed E-state index contributed by atoms with van der Waals surface area (Å²) in [6.07, 6.45) is 0. The number of hydrogen-bond acceptors (Lipinski definition) is 2. The summed E-state index contributed by atoms with van der Waals surface area (Å²) in [6.45, 7) is 0. The predicted octanol–water partition coefficient (Wildman–Crippen LogP) is 2.35. The standard InChI is InChI=1S/C7H4Cl2N2/c8-3-5-1-6(4-10)11-7(9)2-5/h1-2H,3H2. The fourth-order valence-corrected chi connectivity index (χ4v) is 1.07. The Morgan fingerprint density at radius 1 is 1.55 bits per heavy atom. The molecule has 1 aromatic rings. The van der Waals surface area contributed by atoms with E-state index < -0.39 is 0 Å². The lowest BCUT2D eigenvalue weighted by Gasteiger charge is -1.95. The van der Waals surface area contributed by atoms with Crippen molar-refractivity contribution in [3.05, 3.63) is 28.5 Å². The molecule has 1 aromatic heterocycles. The fourth-order valence-electron chi connectivity index (χ4n) is 0.684. The first-order valence-electron chi connectivity index (χ1n) is 2.89. The van der Waals surface area contributed by atoms with E-state index in [0.717, 1.165) is 5.56 Å². The topological polar surface area (TPSA) is 36.7 Å². The van der Waals surface area contributed by atoms with E-state index in [-0.39, 0.29) is 0 Å². The predicted molar refractivity (Wildman–Crippen MR) is 43.5 cm³/mol. The first kappa shape index (κ1) is 8.32. The molecule has 0 unspecified atom stereocenters. The van der Waals surface area contributed by atoms with Crippen LogP contribution in [0.4, 0.5) is 0 Å². The Balaban J connectivity index is 3.15. The summed E-state index contributed by atoms with van der Waals surface area (Å²) in [7, 11) is 0. The van der Waals surface area contributed by atoms with Crippen LogP contribution in [0.1, 0.15) is 11.3 Å². The second-order valence-corrected chi connectivity index (χ2v) is 2.58. The zero-order chi connectivity index (χ0) is 8.27. The average Bonchev–Trinajstić information content (AvgIpc) is 2.03. The van der Waals surface area contributed by atoms with E-state index in [1.54, 1.807) is 12.1 Å². The molecule has 56 valence electrons. The lowest BCUT2D eigenvalue weighted by molar-refractivity contribution is 1.22. The van der Waals surface area contributed by atoms with E-state index >= 15 is 0 Å². The van der Waals surface area contributed by atoms with Gasteiger partial charge in [-0.15, -0.1) is 11.6 Å². The minimum absolute atomic E-state index is 0.299. The SMILES string of the molecule is N#Cc1cc(CCl)cc(Cl)n1. The van der Waals surface area contributed by atoms with Gasteiger partial charge in [0.25, 0.3) is 0 Å². The van der Waals surface area contributed by atoms with Gasteiger partial charge in [0.2, 0.25) is 0 Å². The highest BCUT2D eigenvalue weighted by molar-refractivity contribution is 6.29. The highest BCUT2D eigenvalue weighted by Crippen LogP contribution is 2.11. The lowest BCUT2D eigenvalue weighted by atomic mass is 10.2. The van der Waals surface area contributed by atoms with E-state index in [1.807, 2.05) is 6.07 Å². The van der Waals surface area contributed by atoms with Gasteiger partial charge in [-0.25, -0.2) is 4.98 Å². The molecule has 0 radical (unpaired) electrons. The van der Waals surface area contributed by atoms with Gasteiger partial charge < -0.3 is 0 Å². The molecule has 1 heterocycles. The maximum absolute atomic E-state index is 8.47. The van der Waals surface area contributed by atoms with Crippen LogP contribution in [0.25, 0.3) is 0 Å². The number of rotatable bonds is 1. The summed E-state index contributed by atoms with van der Waals surface area (Å²) in [6, 6.07) is 5.13. The maximum Gasteiger partial charge on any atom is 0.142 e. The molecule has 0 bridgehead atoms. The molecule has 0 saturated carbocycles. The number of halogens is 2. The molecule has 0 aliphatic heterocycles. The number of aromatic nitrogens is 1. The van der Waals surface area contributed by atoms with Crippen LogP contribution in [0.15, 0.2) is 12.1 Å². The van der Waals surface area contributed by atoms with Gasteiger partial charge in [0, 0.05) is 5.88 Å². The normalized spacial score (nSPS) is 9.18. The molecule has 0 atom stereocenters. The van der Waals surface area contributed by atoms with Crippen LogP contribution in [0, 0.1) is 11.3 Å². The maximum atomic E-state index is 8.47. The third-order valence-electron chi connectivity index (χ3n) is 1.12. The number of nitriles is 1. The molecule has 0 aliphatic rings. The van der Waals surface area contributed by atoms with E-state index in [2.05, 4.69) is 4.98 Å². The summed E-state index contributed by atoms with van der Waals surface area (Å²) in [5, 5.41) is 8.77. The Labute approximate surface area is 74.4 Å². The number of alkyl halides is 1. The molecule has 0 fully saturated rings. The molecular weight excluding hydrogens is 183 g/mol. The van der Waals surface area contributed by atoms with Crippen molar-refractivity contribution in [2.24, 2.45) is 0 Å². The first-order valence-corrected chi connectivity index (χ1v) is 3.80. The summed E-state index contributed by atoms with van der Waals surface area (Å²) in [5.74, 6) is 0.344. The largest absolute Gasteiger partial charge is 0.225 e. The van der Waals surface area contributed by atoms with Gasteiger partial charge >= 0.3 is 0 Å². The van der Waals surface area contributed by atoms with Gasteiger partial charge in [-0.05, 0) is 17.7 Å². The van der Waals surface area contributed by atoms with Crippen molar-refractivity contribution in [2.75, 3.05) is 0 Å². The monoisotopic (exact) mass is 186 g/mol. The van der Waals surface area contributed by atoms with Crippen molar-refractivity contribution in [3.8, 4) is 6.07 Å². The van der Waals surface area contributed by atoms with Crippen molar-refractivity contribution in [2.45, 2.75) is 5.88 Å².